The summed E-state index contributed by atoms with van der Waals surface area (Å²) in [5.74, 6) is 0.267. The Morgan fingerprint density at radius 3 is 2.48 bits per heavy atom. The van der Waals surface area contributed by atoms with Gasteiger partial charge < -0.3 is 14.8 Å². The van der Waals surface area contributed by atoms with Gasteiger partial charge in [0.2, 0.25) is 0 Å². The lowest BCUT2D eigenvalue weighted by atomic mass is 9.79. The van der Waals surface area contributed by atoms with E-state index in [9.17, 15) is 14.9 Å². The minimum Gasteiger partial charge on any atom is -0.484 e. The smallest absolute Gasteiger partial charge is 0.269 e. The normalized spacial score (nSPS) is 20.0. The van der Waals surface area contributed by atoms with E-state index in [1.54, 1.807) is 0 Å². The number of nitrogens with one attached hydrogen (secondary N) is 1. The van der Waals surface area contributed by atoms with Gasteiger partial charge in [-0.15, -0.1) is 0 Å². The van der Waals surface area contributed by atoms with Crippen LogP contribution < -0.4 is 10.1 Å². The summed E-state index contributed by atoms with van der Waals surface area (Å²) in [6, 6.07) is 5.73. The van der Waals surface area contributed by atoms with Gasteiger partial charge in [0.05, 0.1) is 18.1 Å². The molecule has 1 saturated heterocycles. The first kappa shape index (κ1) is 19.6. The third kappa shape index (κ3) is 5.17. The zero-order valence-electron chi connectivity index (χ0n) is 15.5. The van der Waals surface area contributed by atoms with Crippen molar-refractivity contribution in [3.8, 4) is 5.75 Å². The summed E-state index contributed by atoms with van der Waals surface area (Å²) in [7, 11) is 0. The van der Waals surface area contributed by atoms with Crippen LogP contribution in [-0.4, -0.2) is 60.7 Å². The molecule has 1 amide bonds. The summed E-state index contributed by atoms with van der Waals surface area (Å²) in [5, 5.41) is 13.7. The number of hydrogen-bond donors (Lipinski definition) is 1. The molecular formula is C19H27N3O5. The summed E-state index contributed by atoms with van der Waals surface area (Å²) in [6.45, 7) is 3.84. The predicted octanol–water partition coefficient (Wildman–Crippen LogP) is 2.12. The van der Waals surface area contributed by atoms with E-state index in [4.69, 9.17) is 9.47 Å². The maximum absolute atomic E-state index is 12.3. The zero-order valence-corrected chi connectivity index (χ0v) is 15.5. The molecule has 0 atom stereocenters. The summed E-state index contributed by atoms with van der Waals surface area (Å²) >= 11 is 0. The van der Waals surface area contributed by atoms with Crippen molar-refractivity contribution < 1.29 is 19.2 Å². The van der Waals surface area contributed by atoms with Gasteiger partial charge in [0.25, 0.3) is 11.6 Å². The summed E-state index contributed by atoms with van der Waals surface area (Å²) in [5.41, 5.74) is 0.0157. The maximum atomic E-state index is 12.3. The number of nitrogens with zero attached hydrogens (tertiary/aromatic N) is 2. The summed E-state index contributed by atoms with van der Waals surface area (Å²) < 4.78 is 10.9. The Labute approximate surface area is 159 Å². The van der Waals surface area contributed by atoms with E-state index in [2.05, 4.69) is 10.2 Å². The molecule has 1 N–H and O–H groups in total. The molecule has 0 radical (unpaired) electrons. The predicted molar refractivity (Wildman–Crippen MR) is 99.8 cm³/mol. The van der Waals surface area contributed by atoms with Crippen LogP contribution in [0.5, 0.6) is 5.75 Å². The van der Waals surface area contributed by atoms with Crippen LogP contribution in [0.4, 0.5) is 5.69 Å². The van der Waals surface area contributed by atoms with Crippen LogP contribution in [0.1, 0.15) is 32.1 Å². The van der Waals surface area contributed by atoms with Gasteiger partial charge in [-0.1, -0.05) is 19.3 Å². The van der Waals surface area contributed by atoms with Gasteiger partial charge in [0, 0.05) is 37.3 Å². The summed E-state index contributed by atoms with van der Waals surface area (Å²) in [4.78, 5) is 24.9. The van der Waals surface area contributed by atoms with Crippen LogP contribution in [0.2, 0.25) is 0 Å². The number of hydrogen-bond acceptors (Lipinski definition) is 6. The monoisotopic (exact) mass is 377 g/mol. The molecule has 8 heteroatoms. The highest BCUT2D eigenvalue weighted by atomic mass is 16.6. The number of non-ortho nitro benzene ring substituents is 1. The van der Waals surface area contributed by atoms with Crippen LogP contribution >= 0.6 is 0 Å². The van der Waals surface area contributed by atoms with E-state index in [0.29, 0.717) is 12.3 Å². The number of rotatable bonds is 7. The van der Waals surface area contributed by atoms with Crippen molar-refractivity contribution >= 4 is 11.6 Å². The fourth-order valence-electron chi connectivity index (χ4n) is 3.98. The van der Waals surface area contributed by atoms with Gasteiger partial charge >= 0.3 is 0 Å². The van der Waals surface area contributed by atoms with E-state index >= 15 is 0 Å². The topological polar surface area (TPSA) is 93.9 Å². The fourth-order valence-corrected chi connectivity index (χ4v) is 3.98. The molecule has 0 unspecified atom stereocenters. The van der Waals surface area contributed by atoms with Crippen molar-refractivity contribution in [2.45, 2.75) is 37.6 Å². The number of benzene rings is 1. The Bertz CT molecular complexity index is 637. The maximum Gasteiger partial charge on any atom is 0.269 e. The lowest BCUT2D eigenvalue weighted by molar-refractivity contribution is -0.384. The van der Waals surface area contributed by atoms with Crippen LogP contribution in [-0.2, 0) is 9.53 Å². The highest BCUT2D eigenvalue weighted by Crippen LogP contribution is 2.33. The highest BCUT2D eigenvalue weighted by molar-refractivity contribution is 5.77. The lowest BCUT2D eigenvalue weighted by Gasteiger charge is -2.48. The molecule has 0 bridgehead atoms. The van der Waals surface area contributed by atoms with Crippen molar-refractivity contribution in [2.75, 3.05) is 39.5 Å². The first-order chi connectivity index (χ1) is 13.1. The lowest BCUT2D eigenvalue weighted by Crippen LogP contribution is -2.60. The summed E-state index contributed by atoms with van der Waals surface area (Å²) in [6.07, 6.45) is 5.81. The molecular weight excluding hydrogens is 350 g/mol. The number of nitro groups is 1. The first-order valence-corrected chi connectivity index (χ1v) is 9.56. The third-order valence-electron chi connectivity index (χ3n) is 5.50. The van der Waals surface area contributed by atoms with Gasteiger partial charge in [-0.3, -0.25) is 19.8 Å². The average molecular weight is 377 g/mol. The SMILES string of the molecule is O=C(COc1ccc([N+](=O)[O-])cc1)NCC1(N2CCOCC2)CCCCC1. The van der Waals surface area contributed by atoms with Crippen molar-refractivity contribution in [1.82, 2.24) is 10.2 Å². The second kappa shape index (κ2) is 9.14. The molecule has 0 spiro atoms. The molecule has 3 rings (SSSR count). The Morgan fingerprint density at radius 1 is 1.19 bits per heavy atom. The molecule has 1 aromatic carbocycles. The third-order valence-corrected chi connectivity index (χ3v) is 5.50. The van der Waals surface area contributed by atoms with Gasteiger partial charge in [0.15, 0.2) is 6.61 Å². The van der Waals surface area contributed by atoms with Gasteiger partial charge in [0.1, 0.15) is 5.75 Å². The Balaban J connectivity index is 1.50. The first-order valence-electron chi connectivity index (χ1n) is 9.56. The van der Waals surface area contributed by atoms with E-state index < -0.39 is 4.92 Å². The van der Waals surface area contributed by atoms with Crippen LogP contribution in [0.3, 0.4) is 0 Å². The Morgan fingerprint density at radius 2 is 1.85 bits per heavy atom. The molecule has 1 saturated carbocycles. The molecule has 1 aliphatic heterocycles. The second-order valence-corrected chi connectivity index (χ2v) is 7.20. The molecule has 1 heterocycles. The van der Waals surface area contributed by atoms with Crippen LogP contribution in [0, 0.1) is 10.1 Å². The Kier molecular flexibility index (Phi) is 6.63. The minimum absolute atomic E-state index is 0.00319. The number of amides is 1. The van der Waals surface area contributed by atoms with Crippen LogP contribution in [0.15, 0.2) is 24.3 Å². The van der Waals surface area contributed by atoms with E-state index in [1.165, 1.54) is 43.5 Å². The molecule has 1 aliphatic carbocycles. The van der Waals surface area contributed by atoms with Crippen molar-refractivity contribution in [2.24, 2.45) is 0 Å². The minimum atomic E-state index is -0.467. The molecule has 8 nitrogen and oxygen atoms in total. The quantitative estimate of drug-likeness (QED) is 0.578. The average Bonchev–Trinajstić information content (AvgIpc) is 2.72. The molecule has 148 valence electrons. The largest absolute Gasteiger partial charge is 0.484 e. The number of carbonyl (C=O) groups excluding carboxylic acids is 1. The van der Waals surface area contributed by atoms with Crippen molar-refractivity contribution in [3.63, 3.8) is 0 Å². The number of ether oxygens (including phenoxy) is 2. The van der Waals surface area contributed by atoms with Crippen molar-refractivity contribution in [3.05, 3.63) is 34.4 Å². The number of carbonyl (C=O) groups is 1. The molecule has 27 heavy (non-hydrogen) atoms. The van der Waals surface area contributed by atoms with Crippen molar-refractivity contribution in [1.29, 1.82) is 0 Å². The number of morpholine rings is 1. The standard InChI is InChI=1S/C19H27N3O5/c23-18(14-27-17-6-4-16(5-7-17)22(24)25)20-15-19(8-2-1-3-9-19)21-10-12-26-13-11-21/h4-7H,1-3,8-15H2,(H,20,23). The number of nitro benzene ring substituents is 1. The van der Waals surface area contributed by atoms with Crippen LogP contribution in [0.25, 0.3) is 0 Å². The zero-order chi connectivity index (χ0) is 19.1. The van der Waals surface area contributed by atoms with E-state index in [0.717, 1.165) is 39.1 Å². The van der Waals surface area contributed by atoms with Gasteiger partial charge in [-0.2, -0.15) is 0 Å². The van der Waals surface area contributed by atoms with Gasteiger partial charge in [-0.05, 0) is 25.0 Å². The van der Waals surface area contributed by atoms with Gasteiger partial charge in [-0.25, -0.2) is 0 Å². The fraction of sp³-hybridized carbons (Fsp3) is 0.632. The highest BCUT2D eigenvalue weighted by Gasteiger charge is 2.38. The molecule has 2 aliphatic rings. The molecule has 2 fully saturated rings. The van der Waals surface area contributed by atoms with E-state index in [1.807, 2.05) is 0 Å². The Hall–Kier alpha value is -2.19. The van der Waals surface area contributed by atoms with E-state index in [-0.39, 0.29) is 23.7 Å². The second-order valence-electron chi connectivity index (χ2n) is 7.20. The molecule has 1 aromatic rings. The molecule has 0 aromatic heterocycles.